The first kappa shape index (κ1) is 15.8. The van der Waals surface area contributed by atoms with Crippen molar-refractivity contribution in [1.29, 1.82) is 0 Å². The number of hydrogen-bond donors (Lipinski definition) is 2. The summed E-state index contributed by atoms with van der Waals surface area (Å²) in [4.78, 5) is 2.40. The normalized spacial score (nSPS) is 34.8. The molecule has 4 rings (SSSR count). The summed E-state index contributed by atoms with van der Waals surface area (Å²) in [6, 6.07) is 4.27. The summed E-state index contributed by atoms with van der Waals surface area (Å²) >= 11 is 0. The molecule has 0 amide bonds. The summed E-state index contributed by atoms with van der Waals surface area (Å²) in [5.74, 6) is 1.63. The molecule has 2 aliphatic carbocycles. The van der Waals surface area contributed by atoms with Crippen molar-refractivity contribution in [2.24, 2.45) is 5.92 Å². The van der Waals surface area contributed by atoms with Gasteiger partial charge in [-0.2, -0.15) is 0 Å². The number of phenols is 1. The van der Waals surface area contributed by atoms with Crippen molar-refractivity contribution < 1.29 is 19.7 Å². The average molecular weight is 331 g/mol. The predicted molar refractivity (Wildman–Crippen MR) is 90.3 cm³/mol. The van der Waals surface area contributed by atoms with Gasteiger partial charge >= 0.3 is 0 Å². The second kappa shape index (κ2) is 5.39. The smallest absolute Gasteiger partial charge is 0.161 e. The second-order valence-corrected chi connectivity index (χ2v) is 7.33. The zero-order chi connectivity index (χ0) is 17.1. The first-order chi connectivity index (χ1) is 11.5. The van der Waals surface area contributed by atoms with Crippen molar-refractivity contribution >= 4 is 0 Å². The van der Waals surface area contributed by atoms with E-state index in [1.54, 1.807) is 14.2 Å². The Morgan fingerprint density at radius 3 is 2.75 bits per heavy atom. The summed E-state index contributed by atoms with van der Waals surface area (Å²) < 4.78 is 10.8. The van der Waals surface area contributed by atoms with Gasteiger partial charge in [-0.3, -0.25) is 0 Å². The molecule has 5 heteroatoms. The van der Waals surface area contributed by atoms with Gasteiger partial charge in [-0.25, -0.2) is 0 Å². The number of ether oxygens (including phenoxy) is 2. The number of phenolic OH excluding ortho intramolecular Hbond substituents is 1. The van der Waals surface area contributed by atoms with E-state index in [4.69, 9.17) is 9.47 Å². The van der Waals surface area contributed by atoms with Crippen molar-refractivity contribution in [3.05, 3.63) is 35.1 Å². The van der Waals surface area contributed by atoms with Gasteiger partial charge in [0.1, 0.15) is 11.9 Å². The van der Waals surface area contributed by atoms with E-state index in [9.17, 15) is 10.2 Å². The highest BCUT2D eigenvalue weighted by Gasteiger charge is 2.56. The van der Waals surface area contributed by atoms with Gasteiger partial charge in [0.15, 0.2) is 11.5 Å². The van der Waals surface area contributed by atoms with Gasteiger partial charge < -0.3 is 24.6 Å². The van der Waals surface area contributed by atoms with E-state index in [2.05, 4.69) is 24.1 Å². The van der Waals surface area contributed by atoms with Crippen LogP contribution in [0.15, 0.2) is 24.0 Å². The third kappa shape index (κ3) is 1.94. The lowest BCUT2D eigenvalue weighted by Gasteiger charge is -2.57. The Morgan fingerprint density at radius 1 is 1.25 bits per heavy atom. The number of fused-ring (bicyclic) bond motifs is 1. The number of aliphatic hydroxyl groups excluding tert-OH is 1. The van der Waals surface area contributed by atoms with Gasteiger partial charge in [0.2, 0.25) is 0 Å². The van der Waals surface area contributed by atoms with E-state index in [0.717, 1.165) is 24.9 Å². The number of aromatic hydroxyl groups is 1. The largest absolute Gasteiger partial charge is 0.504 e. The molecule has 1 saturated heterocycles. The number of methoxy groups -OCH3 is 2. The number of hydrogen-bond acceptors (Lipinski definition) is 5. The van der Waals surface area contributed by atoms with Gasteiger partial charge in [0.05, 0.1) is 14.2 Å². The Labute approximate surface area is 142 Å². The molecule has 0 spiro atoms. The third-order valence-electron chi connectivity index (χ3n) is 6.37. The summed E-state index contributed by atoms with van der Waals surface area (Å²) in [5, 5.41) is 21.5. The maximum Gasteiger partial charge on any atom is 0.161 e. The minimum atomic E-state index is -0.633. The molecule has 3 aliphatic rings. The zero-order valence-electron chi connectivity index (χ0n) is 14.5. The second-order valence-electron chi connectivity index (χ2n) is 7.33. The Balaban J connectivity index is 1.95. The van der Waals surface area contributed by atoms with E-state index >= 15 is 0 Å². The number of piperidine rings is 1. The molecule has 1 fully saturated rings. The summed E-state index contributed by atoms with van der Waals surface area (Å²) in [7, 11) is 5.35. The van der Waals surface area contributed by atoms with E-state index in [0.29, 0.717) is 24.0 Å². The SMILES string of the molecule is COC1=C[C@H]2[C@H]3Cc4ccc(OC)c(O)c4[C@@]2(CCN3C)CC1O. The van der Waals surface area contributed by atoms with Crippen molar-refractivity contribution in [1.82, 2.24) is 4.90 Å². The van der Waals surface area contributed by atoms with E-state index in [-0.39, 0.29) is 17.1 Å². The average Bonchev–Trinajstić information content (AvgIpc) is 2.57. The van der Waals surface area contributed by atoms with Crippen LogP contribution in [0.2, 0.25) is 0 Å². The molecular formula is C19H25NO4. The maximum absolute atomic E-state index is 10.9. The standard InChI is InChI=1S/C19H25NO4/c1-20-7-6-19-10-14(21)16(24-3)9-12(19)13(20)8-11-4-5-15(23-2)18(22)17(11)19/h4-5,9,12-14,21-22H,6-8,10H2,1-3H3/t12-,13+,14?,19-/m0/s1. The predicted octanol–water partition coefficient (Wildman–Crippen LogP) is 1.81. The fourth-order valence-electron chi connectivity index (χ4n) is 5.20. The fraction of sp³-hybridized carbons (Fsp3) is 0.579. The Morgan fingerprint density at radius 2 is 2.04 bits per heavy atom. The van der Waals surface area contributed by atoms with E-state index in [1.807, 2.05) is 6.07 Å². The molecule has 0 saturated carbocycles. The minimum Gasteiger partial charge on any atom is -0.504 e. The highest BCUT2D eigenvalue weighted by molar-refractivity contribution is 5.57. The van der Waals surface area contributed by atoms with E-state index in [1.165, 1.54) is 5.56 Å². The topological polar surface area (TPSA) is 62.2 Å². The number of benzene rings is 1. The molecule has 1 heterocycles. The number of rotatable bonds is 2. The Bertz CT molecular complexity index is 701. The van der Waals surface area contributed by atoms with Crippen molar-refractivity contribution in [3.8, 4) is 11.5 Å². The molecular weight excluding hydrogens is 306 g/mol. The molecule has 4 atom stereocenters. The van der Waals surface area contributed by atoms with Crippen LogP contribution in [0, 0.1) is 5.92 Å². The van der Waals surface area contributed by atoms with Gasteiger partial charge in [-0.1, -0.05) is 6.07 Å². The molecule has 5 nitrogen and oxygen atoms in total. The van der Waals surface area contributed by atoms with Crippen LogP contribution in [-0.2, 0) is 16.6 Å². The first-order valence-corrected chi connectivity index (χ1v) is 8.55. The third-order valence-corrected chi connectivity index (χ3v) is 6.37. The molecule has 1 aromatic carbocycles. The van der Waals surface area contributed by atoms with Crippen molar-refractivity contribution in [3.63, 3.8) is 0 Å². The molecule has 0 aromatic heterocycles. The summed E-state index contributed by atoms with van der Waals surface area (Å²) in [6.45, 7) is 0.958. The minimum absolute atomic E-state index is 0.222. The van der Waals surface area contributed by atoms with Gasteiger partial charge in [-0.05, 0) is 50.6 Å². The van der Waals surface area contributed by atoms with Crippen LogP contribution in [0.4, 0.5) is 0 Å². The van der Waals surface area contributed by atoms with Gasteiger partial charge in [0, 0.05) is 22.9 Å². The lowest BCUT2D eigenvalue weighted by atomic mass is 9.53. The highest BCUT2D eigenvalue weighted by atomic mass is 16.5. The zero-order valence-corrected chi connectivity index (χ0v) is 14.5. The summed E-state index contributed by atoms with van der Waals surface area (Å²) in [5.41, 5.74) is 1.88. The maximum atomic E-state index is 10.9. The van der Waals surface area contributed by atoms with E-state index < -0.39 is 6.10 Å². The van der Waals surface area contributed by atoms with Crippen LogP contribution >= 0.6 is 0 Å². The van der Waals surface area contributed by atoms with Crippen LogP contribution in [-0.4, -0.2) is 55.1 Å². The quantitative estimate of drug-likeness (QED) is 0.865. The molecule has 1 aromatic rings. The molecule has 1 aliphatic heterocycles. The lowest BCUT2D eigenvalue weighted by Crippen LogP contribution is -2.60. The van der Waals surface area contributed by atoms with Crippen LogP contribution in [0.25, 0.3) is 0 Å². The van der Waals surface area contributed by atoms with Crippen LogP contribution in [0.3, 0.4) is 0 Å². The molecule has 2 bridgehead atoms. The fourth-order valence-corrected chi connectivity index (χ4v) is 5.20. The molecule has 1 unspecified atom stereocenters. The molecule has 0 radical (unpaired) electrons. The molecule has 130 valence electrons. The van der Waals surface area contributed by atoms with Crippen LogP contribution in [0.1, 0.15) is 24.0 Å². The molecule has 2 N–H and O–H groups in total. The van der Waals surface area contributed by atoms with Gasteiger partial charge in [-0.15, -0.1) is 0 Å². The number of likely N-dealkylation sites (N-methyl/N-ethyl adjacent to an activating group) is 1. The summed E-state index contributed by atoms with van der Waals surface area (Å²) in [6.07, 6.45) is 3.83. The number of nitrogens with zero attached hydrogens (tertiary/aromatic N) is 1. The van der Waals surface area contributed by atoms with Gasteiger partial charge in [0.25, 0.3) is 0 Å². The van der Waals surface area contributed by atoms with Crippen LogP contribution < -0.4 is 4.74 Å². The van der Waals surface area contributed by atoms with Crippen molar-refractivity contribution in [2.75, 3.05) is 27.8 Å². The Kier molecular flexibility index (Phi) is 3.55. The lowest BCUT2D eigenvalue weighted by molar-refractivity contribution is -0.00381. The molecule has 24 heavy (non-hydrogen) atoms. The monoisotopic (exact) mass is 331 g/mol. The van der Waals surface area contributed by atoms with Crippen LogP contribution in [0.5, 0.6) is 11.5 Å². The first-order valence-electron chi connectivity index (χ1n) is 8.55. The van der Waals surface area contributed by atoms with Crippen molar-refractivity contribution in [2.45, 2.75) is 36.8 Å². The number of aliphatic hydroxyl groups is 1. The Hall–Kier alpha value is -1.72. The number of likely N-dealkylation sites (tertiary alicyclic amines) is 1. The highest BCUT2D eigenvalue weighted by Crippen LogP contribution is 2.58.